The molecule has 1 aromatic rings. The Morgan fingerprint density at radius 2 is 2.19 bits per heavy atom. The van der Waals surface area contributed by atoms with Crippen molar-refractivity contribution in [1.82, 2.24) is 15.1 Å². The van der Waals surface area contributed by atoms with E-state index in [-0.39, 0.29) is 6.03 Å². The molecule has 1 aliphatic rings. The number of benzene rings is 1. The van der Waals surface area contributed by atoms with Crippen molar-refractivity contribution in [3.05, 3.63) is 34.9 Å². The minimum Gasteiger partial charge on any atom is -0.379 e. The van der Waals surface area contributed by atoms with Crippen LogP contribution in [0.1, 0.15) is 5.56 Å². The molecule has 2 amide bonds. The molecule has 1 fully saturated rings. The minimum absolute atomic E-state index is 0.0664. The quantitative estimate of drug-likeness (QED) is 0.902. The Kier molecular flexibility index (Phi) is 6.29. The van der Waals surface area contributed by atoms with Crippen molar-refractivity contribution in [2.24, 2.45) is 0 Å². The highest BCUT2D eigenvalue weighted by Crippen LogP contribution is 2.12. The van der Waals surface area contributed by atoms with Gasteiger partial charge in [0.05, 0.1) is 13.2 Å². The Morgan fingerprint density at radius 1 is 1.43 bits per heavy atom. The summed E-state index contributed by atoms with van der Waals surface area (Å²) in [6, 6.07) is 7.49. The molecule has 6 heteroatoms. The molecule has 1 aromatic carbocycles. The summed E-state index contributed by atoms with van der Waals surface area (Å²) in [5.41, 5.74) is 1.02. The number of morpholine rings is 1. The molecule has 0 aromatic heterocycles. The van der Waals surface area contributed by atoms with Gasteiger partial charge in [-0.05, 0) is 17.7 Å². The number of ether oxygens (including phenoxy) is 1. The lowest BCUT2D eigenvalue weighted by Crippen LogP contribution is -2.44. The molecule has 5 nitrogen and oxygen atoms in total. The van der Waals surface area contributed by atoms with Crippen LogP contribution in [0.25, 0.3) is 0 Å². The summed E-state index contributed by atoms with van der Waals surface area (Å²) < 4.78 is 5.29. The van der Waals surface area contributed by atoms with Crippen LogP contribution < -0.4 is 5.32 Å². The van der Waals surface area contributed by atoms with Crippen LogP contribution in [0.4, 0.5) is 4.79 Å². The van der Waals surface area contributed by atoms with E-state index in [2.05, 4.69) is 10.2 Å². The summed E-state index contributed by atoms with van der Waals surface area (Å²) in [6.07, 6.45) is 0. The van der Waals surface area contributed by atoms with E-state index < -0.39 is 0 Å². The van der Waals surface area contributed by atoms with Crippen molar-refractivity contribution in [2.45, 2.75) is 6.54 Å². The predicted molar refractivity (Wildman–Crippen MR) is 83.6 cm³/mol. The van der Waals surface area contributed by atoms with Crippen molar-refractivity contribution >= 4 is 17.6 Å². The average molecular weight is 312 g/mol. The molecule has 0 spiro atoms. The van der Waals surface area contributed by atoms with Crippen LogP contribution in [0.3, 0.4) is 0 Å². The summed E-state index contributed by atoms with van der Waals surface area (Å²) in [4.78, 5) is 16.0. The van der Waals surface area contributed by atoms with Crippen molar-refractivity contribution in [3.8, 4) is 0 Å². The highest BCUT2D eigenvalue weighted by Gasteiger charge is 2.12. The largest absolute Gasteiger partial charge is 0.379 e. The average Bonchev–Trinajstić information content (AvgIpc) is 2.48. The first-order valence-corrected chi connectivity index (χ1v) is 7.56. The van der Waals surface area contributed by atoms with E-state index >= 15 is 0 Å². The highest BCUT2D eigenvalue weighted by atomic mass is 35.5. The number of carbonyl (C=O) groups excluding carboxylic acids is 1. The van der Waals surface area contributed by atoms with E-state index in [0.29, 0.717) is 18.1 Å². The maximum Gasteiger partial charge on any atom is 0.317 e. The molecular weight excluding hydrogens is 290 g/mol. The predicted octanol–water partition coefficient (Wildman–Crippen LogP) is 1.81. The molecule has 1 N–H and O–H groups in total. The minimum atomic E-state index is -0.0664. The number of halogens is 1. The van der Waals surface area contributed by atoms with E-state index in [0.717, 1.165) is 38.4 Å². The van der Waals surface area contributed by atoms with Crippen LogP contribution in [0.2, 0.25) is 5.02 Å². The third-order valence-electron chi connectivity index (χ3n) is 3.46. The first-order valence-electron chi connectivity index (χ1n) is 7.18. The molecule has 21 heavy (non-hydrogen) atoms. The number of nitrogens with one attached hydrogen (secondary N) is 1. The van der Waals surface area contributed by atoms with Gasteiger partial charge < -0.3 is 15.0 Å². The molecule has 1 aliphatic heterocycles. The lowest BCUT2D eigenvalue weighted by Gasteiger charge is -2.27. The maximum absolute atomic E-state index is 12.0. The van der Waals surface area contributed by atoms with Crippen LogP contribution in [-0.4, -0.2) is 62.3 Å². The van der Waals surface area contributed by atoms with Crippen molar-refractivity contribution in [2.75, 3.05) is 46.4 Å². The van der Waals surface area contributed by atoms with Gasteiger partial charge in [-0.25, -0.2) is 4.79 Å². The number of nitrogens with zero attached hydrogens (tertiary/aromatic N) is 2. The molecule has 1 saturated heterocycles. The van der Waals surface area contributed by atoms with Gasteiger partial charge in [-0.3, -0.25) is 4.90 Å². The number of hydrogen-bond acceptors (Lipinski definition) is 3. The second kappa shape index (κ2) is 8.22. The van der Waals surface area contributed by atoms with Gasteiger partial charge in [0.1, 0.15) is 0 Å². The third kappa shape index (κ3) is 5.53. The Bertz CT molecular complexity index is 464. The number of carbonyl (C=O) groups is 1. The van der Waals surface area contributed by atoms with Gasteiger partial charge in [0.2, 0.25) is 0 Å². The summed E-state index contributed by atoms with van der Waals surface area (Å²) >= 11 is 5.94. The van der Waals surface area contributed by atoms with E-state index in [4.69, 9.17) is 16.3 Å². The van der Waals surface area contributed by atoms with Crippen LogP contribution in [0.5, 0.6) is 0 Å². The van der Waals surface area contributed by atoms with Gasteiger partial charge in [0.15, 0.2) is 0 Å². The van der Waals surface area contributed by atoms with Crippen LogP contribution in [0.15, 0.2) is 24.3 Å². The molecule has 1 heterocycles. The molecule has 2 rings (SSSR count). The second-order valence-corrected chi connectivity index (χ2v) is 5.61. The SMILES string of the molecule is CN(Cc1cccc(Cl)c1)C(=O)NCCN1CCOCC1. The van der Waals surface area contributed by atoms with Gasteiger partial charge >= 0.3 is 6.03 Å². The first kappa shape index (κ1) is 16.1. The third-order valence-corrected chi connectivity index (χ3v) is 3.70. The Morgan fingerprint density at radius 3 is 2.90 bits per heavy atom. The monoisotopic (exact) mass is 311 g/mol. The van der Waals surface area contributed by atoms with Gasteiger partial charge in [-0.1, -0.05) is 23.7 Å². The van der Waals surface area contributed by atoms with Crippen LogP contribution >= 0.6 is 11.6 Å². The zero-order chi connectivity index (χ0) is 15.1. The number of hydrogen-bond donors (Lipinski definition) is 1. The van der Waals surface area contributed by atoms with Gasteiger partial charge in [0, 0.05) is 44.8 Å². The van der Waals surface area contributed by atoms with Crippen molar-refractivity contribution < 1.29 is 9.53 Å². The fourth-order valence-electron chi connectivity index (χ4n) is 2.26. The first-order chi connectivity index (χ1) is 10.1. The van der Waals surface area contributed by atoms with Gasteiger partial charge in [0.25, 0.3) is 0 Å². The molecular formula is C15H22ClN3O2. The molecule has 0 radical (unpaired) electrons. The van der Waals surface area contributed by atoms with E-state index in [1.54, 1.807) is 11.9 Å². The van der Waals surface area contributed by atoms with Crippen LogP contribution in [0, 0.1) is 0 Å². The number of amides is 2. The topological polar surface area (TPSA) is 44.8 Å². The molecule has 0 atom stereocenters. The smallest absolute Gasteiger partial charge is 0.317 e. The molecule has 0 aliphatic carbocycles. The Hall–Kier alpha value is -1.30. The summed E-state index contributed by atoms with van der Waals surface area (Å²) in [6.45, 7) is 5.50. The molecule has 0 bridgehead atoms. The fraction of sp³-hybridized carbons (Fsp3) is 0.533. The number of urea groups is 1. The number of rotatable bonds is 5. The van der Waals surface area contributed by atoms with Crippen molar-refractivity contribution in [3.63, 3.8) is 0 Å². The Balaban J connectivity index is 1.69. The highest BCUT2D eigenvalue weighted by molar-refractivity contribution is 6.30. The summed E-state index contributed by atoms with van der Waals surface area (Å²) in [7, 11) is 1.78. The Labute approximate surface area is 130 Å². The van der Waals surface area contributed by atoms with Crippen molar-refractivity contribution in [1.29, 1.82) is 0 Å². The normalized spacial score (nSPS) is 15.7. The van der Waals surface area contributed by atoms with Gasteiger partial charge in [-0.15, -0.1) is 0 Å². The summed E-state index contributed by atoms with van der Waals surface area (Å²) in [5, 5.41) is 3.62. The lowest BCUT2D eigenvalue weighted by molar-refractivity contribution is 0.0386. The maximum atomic E-state index is 12.0. The molecule has 0 unspecified atom stereocenters. The zero-order valence-electron chi connectivity index (χ0n) is 12.3. The standard InChI is InChI=1S/C15H22ClN3O2/c1-18(12-13-3-2-4-14(16)11-13)15(20)17-5-6-19-7-9-21-10-8-19/h2-4,11H,5-10,12H2,1H3,(H,17,20). The summed E-state index contributed by atoms with van der Waals surface area (Å²) in [5.74, 6) is 0. The van der Waals surface area contributed by atoms with Gasteiger partial charge in [-0.2, -0.15) is 0 Å². The zero-order valence-corrected chi connectivity index (χ0v) is 13.1. The fourth-order valence-corrected chi connectivity index (χ4v) is 2.47. The van der Waals surface area contributed by atoms with E-state index in [9.17, 15) is 4.79 Å². The van der Waals surface area contributed by atoms with E-state index in [1.807, 2.05) is 24.3 Å². The van der Waals surface area contributed by atoms with E-state index in [1.165, 1.54) is 0 Å². The molecule has 116 valence electrons. The lowest BCUT2D eigenvalue weighted by atomic mass is 10.2. The molecule has 0 saturated carbocycles. The second-order valence-electron chi connectivity index (χ2n) is 5.17. The van der Waals surface area contributed by atoms with Crippen LogP contribution in [-0.2, 0) is 11.3 Å².